The van der Waals surface area contributed by atoms with Gasteiger partial charge >= 0.3 is 0 Å². The van der Waals surface area contributed by atoms with Crippen LogP contribution in [0.15, 0.2) is 77.2 Å². The Labute approximate surface area is 165 Å². The zero-order chi connectivity index (χ0) is 19.5. The van der Waals surface area contributed by atoms with E-state index < -0.39 is 0 Å². The minimum absolute atomic E-state index is 0.319. The number of aromatic nitrogens is 1. The van der Waals surface area contributed by atoms with Crippen molar-refractivity contribution in [3.63, 3.8) is 0 Å². The molecule has 0 aliphatic carbocycles. The standard InChI is InChI=1S/C22H16FN3OS/c1-14(21-7-4-12-28-21)25-26-22(27)18-13-20(15-8-10-16(23)11-9-15)24-19-6-3-2-5-17(18)19/h2-13H,1H3,(H,26,27)/b25-14+. The molecule has 0 fully saturated rings. The van der Waals surface area contributed by atoms with E-state index in [-0.39, 0.29) is 11.7 Å². The van der Waals surface area contributed by atoms with Crippen LogP contribution >= 0.6 is 11.3 Å². The zero-order valence-corrected chi connectivity index (χ0v) is 15.8. The first kappa shape index (κ1) is 18.0. The Bertz CT molecular complexity index is 1170. The van der Waals surface area contributed by atoms with Gasteiger partial charge in [0, 0.05) is 15.8 Å². The van der Waals surface area contributed by atoms with E-state index in [0.29, 0.717) is 16.8 Å². The normalized spacial score (nSPS) is 11.6. The van der Waals surface area contributed by atoms with E-state index in [1.165, 1.54) is 12.1 Å². The van der Waals surface area contributed by atoms with Gasteiger partial charge in [-0.15, -0.1) is 11.3 Å². The van der Waals surface area contributed by atoms with E-state index >= 15 is 0 Å². The number of hydrogen-bond acceptors (Lipinski definition) is 4. The second-order valence-corrected chi connectivity index (χ2v) is 7.14. The van der Waals surface area contributed by atoms with Gasteiger partial charge in [-0.3, -0.25) is 4.79 Å². The van der Waals surface area contributed by atoms with E-state index in [2.05, 4.69) is 15.5 Å². The molecule has 2 aromatic heterocycles. The predicted molar refractivity (Wildman–Crippen MR) is 111 cm³/mol. The third-order valence-corrected chi connectivity index (χ3v) is 5.28. The summed E-state index contributed by atoms with van der Waals surface area (Å²) >= 11 is 1.56. The monoisotopic (exact) mass is 389 g/mol. The third-order valence-electron chi connectivity index (χ3n) is 4.30. The number of carbonyl (C=O) groups is 1. The number of fused-ring (bicyclic) bond motifs is 1. The molecule has 0 atom stereocenters. The van der Waals surface area contributed by atoms with Gasteiger partial charge in [0.1, 0.15) is 5.82 Å². The Hall–Kier alpha value is -3.38. The van der Waals surface area contributed by atoms with Crippen LogP contribution in [-0.2, 0) is 0 Å². The number of hydrazone groups is 1. The smallest absolute Gasteiger partial charge is 0.267 e. The number of thiophene rings is 1. The number of para-hydroxylation sites is 1. The average Bonchev–Trinajstić information content (AvgIpc) is 3.26. The number of nitrogens with one attached hydrogen (secondary N) is 1. The van der Waals surface area contributed by atoms with Crippen molar-refractivity contribution in [3.8, 4) is 11.3 Å². The highest BCUT2D eigenvalue weighted by atomic mass is 32.1. The van der Waals surface area contributed by atoms with Gasteiger partial charge in [0.2, 0.25) is 0 Å². The van der Waals surface area contributed by atoms with Crippen LogP contribution in [0.3, 0.4) is 0 Å². The Morgan fingerprint density at radius 2 is 1.86 bits per heavy atom. The van der Waals surface area contributed by atoms with Crippen molar-refractivity contribution in [3.05, 3.63) is 88.4 Å². The lowest BCUT2D eigenvalue weighted by molar-refractivity contribution is 0.0956. The molecule has 0 aliphatic heterocycles. The van der Waals surface area contributed by atoms with Crippen LogP contribution in [0.2, 0.25) is 0 Å². The summed E-state index contributed by atoms with van der Waals surface area (Å²) < 4.78 is 13.3. The molecule has 2 aromatic carbocycles. The maximum Gasteiger partial charge on any atom is 0.272 e. The van der Waals surface area contributed by atoms with Crippen molar-refractivity contribution in [1.82, 2.24) is 10.4 Å². The first-order chi connectivity index (χ1) is 13.6. The minimum atomic E-state index is -0.321. The molecule has 0 unspecified atom stereocenters. The van der Waals surface area contributed by atoms with Crippen molar-refractivity contribution in [1.29, 1.82) is 0 Å². The van der Waals surface area contributed by atoms with E-state index in [4.69, 9.17) is 0 Å². The summed E-state index contributed by atoms with van der Waals surface area (Å²) in [6.45, 7) is 1.85. The molecular formula is C22H16FN3OS. The molecule has 0 saturated heterocycles. The van der Waals surface area contributed by atoms with Crippen LogP contribution in [-0.4, -0.2) is 16.6 Å². The van der Waals surface area contributed by atoms with E-state index in [1.807, 2.05) is 48.7 Å². The predicted octanol–water partition coefficient (Wildman–Crippen LogP) is 5.26. The van der Waals surface area contributed by atoms with Gasteiger partial charge in [-0.05, 0) is 54.8 Å². The fourth-order valence-electron chi connectivity index (χ4n) is 2.87. The highest BCUT2D eigenvalue weighted by Gasteiger charge is 2.14. The van der Waals surface area contributed by atoms with Crippen molar-refractivity contribution >= 4 is 33.9 Å². The second kappa shape index (κ2) is 7.70. The minimum Gasteiger partial charge on any atom is -0.267 e. The van der Waals surface area contributed by atoms with Crippen molar-refractivity contribution in [2.24, 2.45) is 5.10 Å². The molecule has 138 valence electrons. The van der Waals surface area contributed by atoms with Crippen LogP contribution in [0.1, 0.15) is 22.2 Å². The number of hydrogen-bond donors (Lipinski definition) is 1. The van der Waals surface area contributed by atoms with E-state index in [9.17, 15) is 9.18 Å². The molecule has 4 aromatic rings. The number of carbonyl (C=O) groups excluding carboxylic acids is 1. The lowest BCUT2D eigenvalue weighted by atomic mass is 10.0. The van der Waals surface area contributed by atoms with Crippen LogP contribution < -0.4 is 5.43 Å². The molecule has 4 nitrogen and oxygen atoms in total. The summed E-state index contributed by atoms with van der Waals surface area (Å²) in [6.07, 6.45) is 0. The van der Waals surface area contributed by atoms with Gasteiger partial charge in [-0.2, -0.15) is 5.10 Å². The fourth-order valence-corrected chi connectivity index (χ4v) is 3.54. The molecule has 6 heteroatoms. The molecule has 1 N–H and O–H groups in total. The second-order valence-electron chi connectivity index (χ2n) is 6.19. The summed E-state index contributed by atoms with van der Waals surface area (Å²) in [7, 11) is 0. The third kappa shape index (κ3) is 3.68. The Morgan fingerprint density at radius 1 is 1.07 bits per heavy atom. The van der Waals surface area contributed by atoms with Crippen molar-refractivity contribution in [2.75, 3.05) is 0 Å². The molecule has 1 amide bonds. The number of amides is 1. The molecule has 0 aliphatic rings. The van der Waals surface area contributed by atoms with Crippen LogP contribution in [0.5, 0.6) is 0 Å². The van der Waals surface area contributed by atoms with Gasteiger partial charge in [0.15, 0.2) is 0 Å². The summed E-state index contributed by atoms with van der Waals surface area (Å²) in [6, 6.07) is 19.1. The highest BCUT2D eigenvalue weighted by molar-refractivity contribution is 7.12. The van der Waals surface area contributed by atoms with E-state index in [0.717, 1.165) is 21.5 Å². The molecule has 0 bridgehead atoms. The Morgan fingerprint density at radius 3 is 2.61 bits per heavy atom. The molecule has 0 saturated carbocycles. The van der Waals surface area contributed by atoms with Crippen molar-refractivity contribution < 1.29 is 9.18 Å². The van der Waals surface area contributed by atoms with Crippen LogP contribution in [0.25, 0.3) is 22.2 Å². The first-order valence-corrected chi connectivity index (χ1v) is 9.54. The highest BCUT2D eigenvalue weighted by Crippen LogP contribution is 2.25. The van der Waals surface area contributed by atoms with Gasteiger partial charge in [-0.25, -0.2) is 14.8 Å². The summed E-state index contributed by atoms with van der Waals surface area (Å²) in [5.41, 5.74) is 5.86. The van der Waals surface area contributed by atoms with Gasteiger partial charge in [0.05, 0.1) is 22.5 Å². The summed E-state index contributed by atoms with van der Waals surface area (Å²) in [5.74, 6) is -0.640. The maximum absolute atomic E-state index is 13.3. The molecular weight excluding hydrogens is 373 g/mol. The van der Waals surface area contributed by atoms with Crippen molar-refractivity contribution in [2.45, 2.75) is 6.92 Å². The van der Waals surface area contributed by atoms with Gasteiger partial charge in [-0.1, -0.05) is 24.3 Å². The SMILES string of the molecule is C/C(=N\NC(=O)c1cc(-c2ccc(F)cc2)nc2ccccc12)c1cccs1. The largest absolute Gasteiger partial charge is 0.272 e. The zero-order valence-electron chi connectivity index (χ0n) is 15.0. The lowest BCUT2D eigenvalue weighted by Crippen LogP contribution is -2.19. The Kier molecular flexibility index (Phi) is 4.95. The first-order valence-electron chi connectivity index (χ1n) is 8.66. The van der Waals surface area contributed by atoms with Gasteiger partial charge < -0.3 is 0 Å². The van der Waals surface area contributed by atoms with E-state index in [1.54, 1.807) is 29.5 Å². The number of benzene rings is 2. The summed E-state index contributed by atoms with van der Waals surface area (Å²) in [5, 5.41) is 6.91. The molecule has 28 heavy (non-hydrogen) atoms. The number of halogens is 1. The maximum atomic E-state index is 13.3. The molecule has 2 heterocycles. The number of pyridine rings is 1. The number of nitrogens with zero attached hydrogens (tertiary/aromatic N) is 2. The molecule has 0 radical (unpaired) electrons. The molecule has 0 spiro atoms. The van der Waals surface area contributed by atoms with Crippen LogP contribution in [0.4, 0.5) is 4.39 Å². The number of rotatable bonds is 4. The fraction of sp³-hybridized carbons (Fsp3) is 0.0455. The van der Waals surface area contributed by atoms with Crippen LogP contribution in [0, 0.1) is 5.82 Å². The molecule has 4 rings (SSSR count). The Balaban J connectivity index is 1.73. The van der Waals surface area contributed by atoms with Gasteiger partial charge in [0.25, 0.3) is 5.91 Å². The quantitative estimate of drug-likeness (QED) is 0.382. The topological polar surface area (TPSA) is 54.4 Å². The average molecular weight is 389 g/mol. The lowest BCUT2D eigenvalue weighted by Gasteiger charge is -2.09. The summed E-state index contributed by atoms with van der Waals surface area (Å²) in [4.78, 5) is 18.5.